The van der Waals surface area contributed by atoms with Gasteiger partial charge in [0.25, 0.3) is 0 Å². The number of hydrogen-bond acceptors (Lipinski definition) is 7. The summed E-state index contributed by atoms with van der Waals surface area (Å²) in [6.07, 6.45) is 51.2. The van der Waals surface area contributed by atoms with Crippen molar-refractivity contribution in [3.8, 4) is 0 Å². The molecule has 0 aliphatic heterocycles. The van der Waals surface area contributed by atoms with Crippen LogP contribution in [0.5, 0.6) is 0 Å². The second-order valence-corrected chi connectivity index (χ2v) is 18.2. The molecule has 0 heterocycles. The van der Waals surface area contributed by atoms with Crippen LogP contribution in [0.15, 0.2) is 24.3 Å². The van der Waals surface area contributed by atoms with Crippen molar-refractivity contribution in [1.29, 1.82) is 0 Å². The lowest BCUT2D eigenvalue weighted by atomic mass is 10.0. The zero-order chi connectivity index (χ0) is 43.2. The number of nitrogens with one attached hydrogen (secondary N) is 1. The Hall–Kier alpha value is -1.51. The minimum absolute atomic E-state index is 0.0762. The Labute approximate surface area is 363 Å². The van der Waals surface area contributed by atoms with Crippen LogP contribution in [0.2, 0.25) is 0 Å². The Kier molecular flexibility index (Phi) is 44.8. The molecule has 2 unspecified atom stereocenters. The molecule has 0 rings (SSSR count). The van der Waals surface area contributed by atoms with Gasteiger partial charge in [-0.2, -0.15) is 0 Å². The van der Waals surface area contributed by atoms with E-state index < -0.39 is 26.5 Å². The van der Waals surface area contributed by atoms with Crippen LogP contribution < -0.4 is 5.32 Å². The van der Waals surface area contributed by atoms with E-state index in [2.05, 4.69) is 43.5 Å². The van der Waals surface area contributed by atoms with Crippen molar-refractivity contribution < 1.29 is 37.9 Å². The quantitative estimate of drug-likeness (QED) is 0.0239. The van der Waals surface area contributed by atoms with E-state index in [1.165, 1.54) is 154 Å². The number of amides is 1. The summed E-state index contributed by atoms with van der Waals surface area (Å²) in [4.78, 5) is 34.0. The molecule has 2 atom stereocenters. The average molecular weight is 856 g/mol. The Morgan fingerprint density at radius 1 is 0.525 bits per heavy atom. The van der Waals surface area contributed by atoms with Crippen molar-refractivity contribution in [2.45, 2.75) is 251 Å². The van der Waals surface area contributed by atoms with Crippen LogP contribution in [0.1, 0.15) is 245 Å². The monoisotopic (exact) mass is 856 g/mol. The van der Waals surface area contributed by atoms with Gasteiger partial charge in [-0.15, -0.1) is 0 Å². The molecule has 0 radical (unpaired) electrons. The number of aliphatic hydroxyl groups excluding tert-OH is 1. The summed E-state index contributed by atoms with van der Waals surface area (Å²) >= 11 is 0. The third-order valence-corrected chi connectivity index (χ3v) is 11.9. The average Bonchev–Trinajstić information content (AvgIpc) is 3.22. The Bertz CT molecular complexity index is 1020. The van der Waals surface area contributed by atoms with Gasteiger partial charge in [0.1, 0.15) is 12.7 Å². The topological polar surface area (TPSA) is 131 Å². The molecule has 0 fully saturated rings. The number of esters is 1. The van der Waals surface area contributed by atoms with Crippen LogP contribution >= 0.6 is 7.82 Å². The Balaban J connectivity index is 3.53. The van der Waals surface area contributed by atoms with E-state index in [-0.39, 0.29) is 32.1 Å². The van der Waals surface area contributed by atoms with Crippen LogP contribution in [0.3, 0.4) is 0 Å². The highest BCUT2D eigenvalue weighted by atomic mass is 31.2. The third-order valence-electron chi connectivity index (χ3n) is 10.9. The molecule has 0 spiro atoms. The van der Waals surface area contributed by atoms with E-state index >= 15 is 0 Å². The van der Waals surface area contributed by atoms with Gasteiger partial charge in [-0.3, -0.25) is 18.6 Å². The largest absolute Gasteiger partial charge is 0.472 e. The maximum atomic E-state index is 12.1. The van der Waals surface area contributed by atoms with Gasteiger partial charge in [0, 0.05) is 19.4 Å². The second-order valence-electron chi connectivity index (χ2n) is 16.8. The van der Waals surface area contributed by atoms with Gasteiger partial charge in [-0.05, 0) is 44.9 Å². The maximum absolute atomic E-state index is 12.1. The number of phosphoric acid groups is 1. The first kappa shape index (κ1) is 57.5. The summed E-state index contributed by atoms with van der Waals surface area (Å²) in [5, 5.41) is 12.7. The minimum atomic E-state index is -4.42. The van der Waals surface area contributed by atoms with E-state index in [4.69, 9.17) is 13.8 Å². The number of rotatable bonds is 47. The third kappa shape index (κ3) is 47.4. The smallest absolute Gasteiger partial charge is 0.463 e. The van der Waals surface area contributed by atoms with E-state index in [1.807, 2.05) is 0 Å². The number of aliphatic hydroxyl groups is 1. The zero-order valence-electron chi connectivity index (χ0n) is 38.5. The molecule has 0 aromatic carbocycles. The second kappa shape index (κ2) is 46.0. The predicted molar refractivity (Wildman–Crippen MR) is 248 cm³/mol. The summed E-state index contributed by atoms with van der Waals surface area (Å²) in [5.41, 5.74) is 0. The van der Waals surface area contributed by atoms with Crippen molar-refractivity contribution in [2.24, 2.45) is 0 Å². The minimum Gasteiger partial charge on any atom is -0.463 e. The van der Waals surface area contributed by atoms with Crippen LogP contribution in [0.25, 0.3) is 0 Å². The van der Waals surface area contributed by atoms with Crippen molar-refractivity contribution in [3.05, 3.63) is 24.3 Å². The fourth-order valence-electron chi connectivity index (χ4n) is 7.12. The first-order valence-corrected chi connectivity index (χ1v) is 26.3. The van der Waals surface area contributed by atoms with Crippen molar-refractivity contribution in [2.75, 3.05) is 26.4 Å². The SMILES string of the molecule is CCCCC/C=C\C/C=C\CCCCCCCC(=O)NCCOP(=O)(O)OCC(O)COC(=O)CCCCCCCCCCCCCCCCCCCCCCCCC. The van der Waals surface area contributed by atoms with Crippen molar-refractivity contribution in [3.63, 3.8) is 0 Å². The number of allylic oxidation sites excluding steroid dienone is 4. The number of ether oxygens (including phenoxy) is 1. The molecule has 0 aliphatic rings. The van der Waals surface area contributed by atoms with Crippen LogP contribution in [0, 0.1) is 0 Å². The number of carbonyl (C=O) groups is 2. The Morgan fingerprint density at radius 3 is 1.39 bits per heavy atom. The molecule has 1 amide bonds. The molecule has 10 heteroatoms. The summed E-state index contributed by atoms with van der Waals surface area (Å²) in [7, 11) is -4.42. The molecule has 0 aliphatic carbocycles. The van der Waals surface area contributed by atoms with E-state index in [0.29, 0.717) is 6.42 Å². The molecular weight excluding hydrogens is 762 g/mol. The normalized spacial score (nSPS) is 13.4. The highest BCUT2D eigenvalue weighted by Crippen LogP contribution is 2.42. The van der Waals surface area contributed by atoms with Gasteiger partial charge in [-0.1, -0.05) is 212 Å². The summed E-state index contributed by atoms with van der Waals surface area (Å²) in [5.74, 6) is -0.521. The molecule has 59 heavy (non-hydrogen) atoms. The van der Waals surface area contributed by atoms with Crippen molar-refractivity contribution in [1.82, 2.24) is 5.32 Å². The molecule has 0 aromatic rings. The zero-order valence-corrected chi connectivity index (χ0v) is 39.4. The number of unbranched alkanes of at least 4 members (excludes halogenated alkanes) is 30. The molecular formula is C49H94NO8P. The van der Waals surface area contributed by atoms with Crippen LogP contribution in [-0.4, -0.2) is 54.3 Å². The molecule has 0 saturated heterocycles. The lowest BCUT2D eigenvalue weighted by molar-refractivity contribution is -0.147. The van der Waals surface area contributed by atoms with Gasteiger partial charge in [0.15, 0.2) is 0 Å². The summed E-state index contributed by atoms with van der Waals surface area (Å²) in [6.45, 7) is 3.55. The summed E-state index contributed by atoms with van der Waals surface area (Å²) in [6, 6.07) is 0. The molecule has 348 valence electrons. The molecule has 0 aromatic heterocycles. The summed E-state index contributed by atoms with van der Waals surface area (Å²) < 4.78 is 26.9. The van der Waals surface area contributed by atoms with Gasteiger partial charge in [0.05, 0.1) is 13.2 Å². The van der Waals surface area contributed by atoms with E-state index in [9.17, 15) is 24.2 Å². The van der Waals surface area contributed by atoms with Crippen molar-refractivity contribution >= 4 is 19.7 Å². The van der Waals surface area contributed by atoms with Crippen LogP contribution in [-0.2, 0) is 27.9 Å². The lowest BCUT2D eigenvalue weighted by Gasteiger charge is -2.15. The lowest BCUT2D eigenvalue weighted by Crippen LogP contribution is -2.27. The van der Waals surface area contributed by atoms with Gasteiger partial charge < -0.3 is 20.1 Å². The Morgan fingerprint density at radius 2 is 0.915 bits per heavy atom. The standard InChI is InChI=1S/C49H94NO8P/c1-3-5-7-9-11-13-15-17-19-20-21-22-23-24-25-26-28-30-32-34-36-38-40-42-49(53)56-45-47(51)46-58-59(54,55)57-44-43-50-48(52)41-39-37-35-33-31-29-27-18-16-14-12-10-8-6-4-2/h12,14,18,27,47,51H,3-11,13,15-17,19-26,28-46H2,1-2H3,(H,50,52)(H,54,55)/b14-12-,27-18-. The first-order valence-electron chi connectivity index (χ1n) is 24.8. The van der Waals surface area contributed by atoms with Gasteiger partial charge in [0.2, 0.25) is 5.91 Å². The predicted octanol–water partition coefficient (Wildman–Crippen LogP) is 14.3. The molecule has 9 nitrogen and oxygen atoms in total. The van der Waals surface area contributed by atoms with Crippen LogP contribution in [0.4, 0.5) is 0 Å². The maximum Gasteiger partial charge on any atom is 0.472 e. The highest BCUT2D eigenvalue weighted by molar-refractivity contribution is 7.47. The molecule has 3 N–H and O–H groups in total. The van der Waals surface area contributed by atoms with Gasteiger partial charge in [-0.25, -0.2) is 4.57 Å². The van der Waals surface area contributed by atoms with E-state index in [0.717, 1.165) is 64.2 Å². The number of phosphoric ester groups is 1. The van der Waals surface area contributed by atoms with Gasteiger partial charge >= 0.3 is 13.8 Å². The molecule has 0 bridgehead atoms. The highest BCUT2D eigenvalue weighted by Gasteiger charge is 2.23. The van der Waals surface area contributed by atoms with E-state index in [1.54, 1.807) is 0 Å². The molecule has 0 saturated carbocycles. The number of carbonyl (C=O) groups excluding carboxylic acids is 2. The first-order chi connectivity index (χ1) is 28.8. The fraction of sp³-hybridized carbons (Fsp3) is 0.878. The fourth-order valence-corrected chi connectivity index (χ4v) is 7.88. The number of hydrogen-bond donors (Lipinski definition) is 3.